The molecule has 2 amide bonds. The summed E-state index contributed by atoms with van der Waals surface area (Å²) in [6, 6.07) is 3.79. The second-order valence-corrected chi connectivity index (χ2v) is 7.82. The fourth-order valence-electron chi connectivity index (χ4n) is 4.09. The number of carbonyl (C=O) groups excluding carboxylic acids is 2. The van der Waals surface area contributed by atoms with E-state index in [1.165, 1.54) is 30.6 Å². The van der Waals surface area contributed by atoms with E-state index in [0.717, 1.165) is 24.3 Å². The molecule has 3 rings (SSSR count). The number of hydrogen-bond donors (Lipinski definition) is 0. The lowest BCUT2D eigenvalue weighted by atomic mass is 9.67. The van der Waals surface area contributed by atoms with Crippen LogP contribution in [0.25, 0.3) is 0 Å². The molecule has 1 unspecified atom stereocenters. The van der Waals surface area contributed by atoms with Crippen LogP contribution in [0.2, 0.25) is 0 Å². The molecule has 0 aromatic carbocycles. The van der Waals surface area contributed by atoms with Crippen LogP contribution in [0.1, 0.15) is 41.8 Å². The van der Waals surface area contributed by atoms with Crippen LogP contribution in [0, 0.1) is 11.3 Å². The molecule has 0 N–H and O–H groups in total. The third kappa shape index (κ3) is 2.67. The summed E-state index contributed by atoms with van der Waals surface area (Å²) in [6.45, 7) is 1.32. The van der Waals surface area contributed by atoms with E-state index in [0.29, 0.717) is 6.54 Å². The smallest absolute Gasteiger partial charge is 0.263 e. The van der Waals surface area contributed by atoms with Crippen molar-refractivity contribution in [1.82, 2.24) is 9.80 Å². The Bertz CT molecular complexity index is 547. The highest BCUT2D eigenvalue weighted by Gasteiger charge is 2.51. The van der Waals surface area contributed by atoms with E-state index < -0.39 is 0 Å². The molecule has 1 aromatic heterocycles. The predicted molar refractivity (Wildman–Crippen MR) is 87.9 cm³/mol. The first-order valence-electron chi connectivity index (χ1n) is 8.07. The molecule has 0 radical (unpaired) electrons. The first kappa shape index (κ1) is 15.5. The molecule has 22 heavy (non-hydrogen) atoms. The summed E-state index contributed by atoms with van der Waals surface area (Å²) in [5.41, 5.74) is 0.00647. The number of amides is 2. The van der Waals surface area contributed by atoms with Crippen LogP contribution in [-0.2, 0) is 4.79 Å². The molecule has 1 aliphatic heterocycles. The Balaban J connectivity index is 1.85. The third-order valence-electron chi connectivity index (χ3n) is 5.26. The van der Waals surface area contributed by atoms with Gasteiger partial charge >= 0.3 is 0 Å². The monoisotopic (exact) mass is 320 g/mol. The van der Waals surface area contributed by atoms with E-state index in [2.05, 4.69) is 0 Å². The number of hydrogen-bond acceptors (Lipinski definition) is 3. The zero-order chi connectivity index (χ0) is 15.7. The largest absolute Gasteiger partial charge is 0.349 e. The van der Waals surface area contributed by atoms with Crippen LogP contribution >= 0.6 is 11.3 Å². The van der Waals surface area contributed by atoms with Gasteiger partial charge in [0.25, 0.3) is 5.91 Å². The summed E-state index contributed by atoms with van der Waals surface area (Å²) in [6.07, 6.45) is 5.76. The van der Waals surface area contributed by atoms with Gasteiger partial charge in [-0.05, 0) is 24.3 Å². The van der Waals surface area contributed by atoms with E-state index >= 15 is 0 Å². The Morgan fingerprint density at radius 2 is 2.00 bits per heavy atom. The van der Waals surface area contributed by atoms with Gasteiger partial charge < -0.3 is 9.80 Å². The molecule has 5 heteroatoms. The number of thiophene rings is 1. The highest BCUT2D eigenvalue weighted by atomic mass is 32.1. The zero-order valence-electron chi connectivity index (χ0n) is 13.4. The van der Waals surface area contributed by atoms with Crippen LogP contribution in [0.4, 0.5) is 0 Å². The Labute approximate surface area is 136 Å². The van der Waals surface area contributed by atoms with Gasteiger partial charge in [-0.3, -0.25) is 9.59 Å². The highest BCUT2D eigenvalue weighted by Crippen LogP contribution is 2.48. The minimum Gasteiger partial charge on any atom is -0.349 e. The number of nitrogens with zero attached hydrogens (tertiary/aromatic N) is 2. The molecule has 2 fully saturated rings. The van der Waals surface area contributed by atoms with Crippen LogP contribution in [0.5, 0.6) is 0 Å². The van der Waals surface area contributed by atoms with Crippen molar-refractivity contribution in [3.63, 3.8) is 0 Å². The highest BCUT2D eigenvalue weighted by molar-refractivity contribution is 7.12. The van der Waals surface area contributed by atoms with Crippen molar-refractivity contribution in [3.05, 3.63) is 22.4 Å². The predicted octanol–water partition coefficient (Wildman–Crippen LogP) is 2.86. The second-order valence-electron chi connectivity index (χ2n) is 6.87. The standard InChI is InChI=1S/C17H24N2O2S/c1-18(2)15(20)13-11-19(16(21)14-7-6-10-22-14)12-17(13)8-4-3-5-9-17/h6-7,10,13H,3-5,8-9,11-12H2,1-2H3. The van der Waals surface area contributed by atoms with Gasteiger partial charge in [-0.1, -0.05) is 25.3 Å². The van der Waals surface area contributed by atoms with Gasteiger partial charge in [-0.2, -0.15) is 0 Å². The molecular weight excluding hydrogens is 296 g/mol. The molecule has 1 aliphatic carbocycles. The van der Waals surface area contributed by atoms with Gasteiger partial charge in [0.05, 0.1) is 10.8 Å². The molecular formula is C17H24N2O2S. The normalized spacial score (nSPS) is 23.7. The van der Waals surface area contributed by atoms with Gasteiger partial charge in [0.15, 0.2) is 0 Å². The SMILES string of the molecule is CN(C)C(=O)C1CN(C(=O)c2cccs2)CC12CCCCC2. The van der Waals surface area contributed by atoms with E-state index in [9.17, 15) is 9.59 Å². The molecule has 2 heterocycles. The Kier molecular flexibility index (Phi) is 4.26. The molecule has 1 atom stereocenters. The first-order chi connectivity index (χ1) is 10.5. The maximum Gasteiger partial charge on any atom is 0.263 e. The molecule has 1 spiro atoms. The summed E-state index contributed by atoms with van der Waals surface area (Å²) in [7, 11) is 3.64. The van der Waals surface area contributed by atoms with Crippen molar-refractivity contribution in [1.29, 1.82) is 0 Å². The van der Waals surface area contributed by atoms with Crippen LogP contribution in [0.3, 0.4) is 0 Å². The summed E-state index contributed by atoms with van der Waals surface area (Å²) in [5, 5.41) is 1.93. The molecule has 0 bridgehead atoms. The lowest BCUT2D eigenvalue weighted by Gasteiger charge is -2.38. The van der Waals surface area contributed by atoms with Gasteiger partial charge in [0, 0.05) is 32.6 Å². The fraction of sp³-hybridized carbons (Fsp3) is 0.647. The molecule has 2 aliphatic rings. The molecule has 1 aromatic rings. The van der Waals surface area contributed by atoms with Crippen LogP contribution in [-0.4, -0.2) is 48.8 Å². The Morgan fingerprint density at radius 1 is 1.27 bits per heavy atom. The van der Waals surface area contributed by atoms with Crippen LogP contribution < -0.4 is 0 Å². The average Bonchev–Trinajstić information content (AvgIpc) is 3.15. The molecule has 1 saturated carbocycles. The minimum absolute atomic E-state index is 0.00647. The summed E-state index contributed by atoms with van der Waals surface area (Å²) < 4.78 is 0. The summed E-state index contributed by atoms with van der Waals surface area (Å²) >= 11 is 1.48. The maximum absolute atomic E-state index is 12.7. The van der Waals surface area contributed by atoms with Crippen LogP contribution in [0.15, 0.2) is 17.5 Å². The van der Waals surface area contributed by atoms with Crippen molar-refractivity contribution in [3.8, 4) is 0 Å². The van der Waals surface area contributed by atoms with Crippen molar-refractivity contribution in [2.75, 3.05) is 27.2 Å². The van der Waals surface area contributed by atoms with Gasteiger partial charge in [-0.25, -0.2) is 0 Å². The Morgan fingerprint density at radius 3 is 2.59 bits per heavy atom. The van der Waals surface area contributed by atoms with Gasteiger partial charge in [0.1, 0.15) is 0 Å². The van der Waals surface area contributed by atoms with E-state index in [4.69, 9.17) is 0 Å². The molecule has 4 nitrogen and oxygen atoms in total. The number of likely N-dealkylation sites (tertiary alicyclic amines) is 1. The zero-order valence-corrected chi connectivity index (χ0v) is 14.2. The maximum atomic E-state index is 12.7. The van der Waals surface area contributed by atoms with Crippen molar-refractivity contribution in [2.45, 2.75) is 32.1 Å². The lowest BCUT2D eigenvalue weighted by molar-refractivity contribution is -0.136. The van der Waals surface area contributed by atoms with Gasteiger partial charge in [-0.15, -0.1) is 11.3 Å². The lowest BCUT2D eigenvalue weighted by Crippen LogP contribution is -2.42. The number of carbonyl (C=O) groups is 2. The van der Waals surface area contributed by atoms with Crippen molar-refractivity contribution >= 4 is 23.2 Å². The topological polar surface area (TPSA) is 40.6 Å². The quantitative estimate of drug-likeness (QED) is 0.841. The summed E-state index contributed by atoms with van der Waals surface area (Å²) in [5.74, 6) is 0.240. The summed E-state index contributed by atoms with van der Waals surface area (Å²) in [4.78, 5) is 29.7. The van der Waals surface area contributed by atoms with Crippen molar-refractivity contribution in [2.24, 2.45) is 11.3 Å². The minimum atomic E-state index is -0.0355. The van der Waals surface area contributed by atoms with E-state index in [-0.39, 0.29) is 23.1 Å². The van der Waals surface area contributed by atoms with E-state index in [1.807, 2.05) is 36.5 Å². The number of rotatable bonds is 2. The van der Waals surface area contributed by atoms with Crippen molar-refractivity contribution < 1.29 is 9.59 Å². The average molecular weight is 320 g/mol. The second kappa shape index (κ2) is 6.03. The Hall–Kier alpha value is -1.36. The molecule has 1 saturated heterocycles. The first-order valence-corrected chi connectivity index (χ1v) is 8.95. The van der Waals surface area contributed by atoms with E-state index in [1.54, 1.807) is 4.90 Å². The fourth-order valence-corrected chi connectivity index (χ4v) is 4.78. The van der Waals surface area contributed by atoms with Gasteiger partial charge in [0.2, 0.25) is 5.91 Å². The third-order valence-corrected chi connectivity index (χ3v) is 6.11. The molecule has 120 valence electrons.